The molecule has 1 aromatic carbocycles. The third-order valence-corrected chi connectivity index (χ3v) is 3.36. The number of nitriles is 1. The van der Waals surface area contributed by atoms with Crippen LogP contribution in [-0.2, 0) is 0 Å². The van der Waals surface area contributed by atoms with Gasteiger partial charge in [0.1, 0.15) is 0 Å². The predicted octanol–water partition coefficient (Wildman–Crippen LogP) is 2.92. The number of hydrogen-bond acceptors (Lipinski definition) is 2. The molecule has 2 unspecified atom stereocenters. The van der Waals surface area contributed by atoms with Gasteiger partial charge in [-0.2, -0.15) is 5.26 Å². The van der Waals surface area contributed by atoms with Gasteiger partial charge in [-0.15, -0.1) is 0 Å². The molecule has 1 aliphatic heterocycles. The van der Waals surface area contributed by atoms with E-state index in [4.69, 9.17) is 10.4 Å². The lowest BCUT2D eigenvalue weighted by molar-refractivity contribution is 0.0976. The fourth-order valence-corrected chi connectivity index (χ4v) is 2.35. The monoisotopic (exact) mass is 266 g/mol. The van der Waals surface area contributed by atoms with Gasteiger partial charge in [0.15, 0.2) is 11.6 Å². The van der Waals surface area contributed by atoms with E-state index in [1.807, 2.05) is 0 Å². The molecule has 0 radical (unpaired) electrons. The van der Waals surface area contributed by atoms with Crippen molar-refractivity contribution in [1.29, 1.82) is 5.26 Å². The second kappa shape index (κ2) is 5.22. The number of carboxylic acid groups (broad SMARTS) is 1. The van der Waals surface area contributed by atoms with Gasteiger partial charge in [-0.05, 0) is 30.5 Å². The highest BCUT2D eigenvalue weighted by Crippen LogP contribution is 2.34. The van der Waals surface area contributed by atoms with Crippen molar-refractivity contribution in [3.05, 3.63) is 35.4 Å². The molecule has 2 rings (SSSR count). The fraction of sp³-hybridized carbons (Fsp3) is 0.385. The average molecular weight is 266 g/mol. The number of hydrogen-bond donors (Lipinski definition) is 1. The Kier molecular flexibility index (Phi) is 3.65. The molecule has 0 spiro atoms. The third-order valence-electron chi connectivity index (χ3n) is 3.36. The smallest absolute Gasteiger partial charge is 0.407 e. The number of rotatable bonds is 1. The van der Waals surface area contributed by atoms with Crippen molar-refractivity contribution in [1.82, 2.24) is 4.90 Å². The Hall–Kier alpha value is -2.16. The minimum Gasteiger partial charge on any atom is -0.465 e. The summed E-state index contributed by atoms with van der Waals surface area (Å²) in [6.07, 6.45) is -0.359. The van der Waals surface area contributed by atoms with Gasteiger partial charge < -0.3 is 10.0 Å². The molecule has 1 aliphatic rings. The van der Waals surface area contributed by atoms with Gasteiger partial charge in [-0.1, -0.05) is 6.07 Å². The highest BCUT2D eigenvalue weighted by molar-refractivity contribution is 5.66. The van der Waals surface area contributed by atoms with Crippen LogP contribution in [0, 0.1) is 28.9 Å². The molecule has 19 heavy (non-hydrogen) atoms. The first-order valence-electron chi connectivity index (χ1n) is 5.87. The molecule has 1 fully saturated rings. The van der Waals surface area contributed by atoms with Crippen molar-refractivity contribution in [3.63, 3.8) is 0 Å². The Bertz CT molecular complexity index is 542. The lowest BCUT2D eigenvalue weighted by atomic mass is 9.88. The van der Waals surface area contributed by atoms with E-state index >= 15 is 0 Å². The summed E-state index contributed by atoms with van der Waals surface area (Å²) in [6, 6.07) is 4.82. The first-order chi connectivity index (χ1) is 9.02. The van der Waals surface area contributed by atoms with Crippen LogP contribution < -0.4 is 0 Å². The van der Waals surface area contributed by atoms with Crippen LogP contribution in [-0.4, -0.2) is 22.6 Å². The van der Waals surface area contributed by atoms with Gasteiger partial charge in [-0.3, -0.25) is 0 Å². The molecule has 0 saturated carbocycles. The highest BCUT2D eigenvalue weighted by Gasteiger charge is 2.33. The van der Waals surface area contributed by atoms with Crippen molar-refractivity contribution in [3.8, 4) is 6.07 Å². The molecular weight excluding hydrogens is 254 g/mol. The summed E-state index contributed by atoms with van der Waals surface area (Å²) in [5, 5.41) is 18.1. The second-order valence-corrected chi connectivity index (χ2v) is 4.52. The second-order valence-electron chi connectivity index (χ2n) is 4.52. The van der Waals surface area contributed by atoms with Gasteiger partial charge in [0, 0.05) is 6.54 Å². The van der Waals surface area contributed by atoms with Gasteiger partial charge in [0.2, 0.25) is 0 Å². The van der Waals surface area contributed by atoms with Crippen LogP contribution in [0.15, 0.2) is 18.2 Å². The Morgan fingerprint density at radius 2 is 2.16 bits per heavy atom. The number of piperidine rings is 1. The van der Waals surface area contributed by atoms with E-state index in [0.29, 0.717) is 18.4 Å². The highest BCUT2D eigenvalue weighted by atomic mass is 19.2. The van der Waals surface area contributed by atoms with Crippen molar-refractivity contribution in [2.24, 2.45) is 5.92 Å². The topological polar surface area (TPSA) is 64.3 Å². The summed E-state index contributed by atoms with van der Waals surface area (Å²) >= 11 is 0. The van der Waals surface area contributed by atoms with Crippen LogP contribution in [0.2, 0.25) is 0 Å². The normalized spacial score (nSPS) is 22.9. The maximum Gasteiger partial charge on any atom is 0.407 e. The molecule has 0 bridgehead atoms. The first-order valence-corrected chi connectivity index (χ1v) is 5.87. The van der Waals surface area contributed by atoms with Gasteiger partial charge in [0.05, 0.1) is 18.0 Å². The molecular formula is C13H12F2N2O2. The van der Waals surface area contributed by atoms with E-state index < -0.39 is 23.8 Å². The molecule has 1 heterocycles. The average Bonchev–Trinajstić information content (AvgIpc) is 2.41. The predicted molar refractivity (Wildman–Crippen MR) is 62.2 cm³/mol. The Labute approximate surface area is 108 Å². The molecule has 100 valence electrons. The molecule has 0 aromatic heterocycles. The Morgan fingerprint density at radius 3 is 2.74 bits per heavy atom. The van der Waals surface area contributed by atoms with E-state index in [2.05, 4.69) is 6.07 Å². The van der Waals surface area contributed by atoms with E-state index in [1.54, 1.807) is 0 Å². The van der Waals surface area contributed by atoms with Crippen LogP contribution in [0.5, 0.6) is 0 Å². The van der Waals surface area contributed by atoms with Gasteiger partial charge >= 0.3 is 6.09 Å². The largest absolute Gasteiger partial charge is 0.465 e. The summed E-state index contributed by atoms with van der Waals surface area (Å²) in [6.45, 7) is 0.219. The molecule has 6 heteroatoms. The van der Waals surface area contributed by atoms with Crippen LogP contribution in [0.4, 0.5) is 13.6 Å². The number of likely N-dealkylation sites (tertiary alicyclic amines) is 1. The van der Waals surface area contributed by atoms with Crippen molar-refractivity contribution >= 4 is 6.09 Å². The minimum absolute atomic E-state index is 0.219. The molecule has 1 N–H and O–H groups in total. The van der Waals surface area contributed by atoms with Gasteiger partial charge in [0.25, 0.3) is 0 Å². The van der Waals surface area contributed by atoms with E-state index in [-0.39, 0.29) is 12.5 Å². The third kappa shape index (κ3) is 2.65. The standard InChI is InChI=1S/C13H12F2N2O2/c14-10-2-1-9(6-11(10)15)12-5-8(7-16)3-4-17(12)13(18)19/h1-2,6,8,12H,3-5H2,(H,18,19). The summed E-state index contributed by atoms with van der Waals surface area (Å²) in [5.41, 5.74) is 0.376. The Morgan fingerprint density at radius 1 is 1.42 bits per heavy atom. The number of halogens is 2. The van der Waals surface area contributed by atoms with E-state index in [9.17, 15) is 13.6 Å². The first kappa shape index (κ1) is 13.3. The maximum atomic E-state index is 13.2. The molecule has 0 aliphatic carbocycles. The van der Waals surface area contributed by atoms with Crippen molar-refractivity contribution in [2.45, 2.75) is 18.9 Å². The minimum atomic E-state index is -1.12. The van der Waals surface area contributed by atoms with E-state index in [0.717, 1.165) is 12.1 Å². The zero-order valence-corrected chi connectivity index (χ0v) is 10.0. The van der Waals surface area contributed by atoms with E-state index in [1.165, 1.54) is 11.0 Å². The van der Waals surface area contributed by atoms with Gasteiger partial charge in [-0.25, -0.2) is 13.6 Å². The number of carbonyl (C=O) groups is 1. The SMILES string of the molecule is N#CC1CCN(C(=O)O)C(c2ccc(F)c(F)c2)C1. The quantitative estimate of drug-likeness (QED) is 0.850. The summed E-state index contributed by atoms with van der Waals surface area (Å²) in [5.74, 6) is -2.26. The maximum absolute atomic E-state index is 13.2. The number of benzene rings is 1. The summed E-state index contributed by atoms with van der Waals surface area (Å²) in [4.78, 5) is 12.3. The van der Waals surface area contributed by atoms with Crippen molar-refractivity contribution < 1.29 is 18.7 Å². The molecule has 1 amide bonds. The van der Waals surface area contributed by atoms with Crippen LogP contribution >= 0.6 is 0 Å². The molecule has 1 saturated heterocycles. The number of amides is 1. The zero-order valence-electron chi connectivity index (χ0n) is 10.0. The summed E-state index contributed by atoms with van der Waals surface area (Å²) in [7, 11) is 0. The molecule has 4 nitrogen and oxygen atoms in total. The fourth-order valence-electron chi connectivity index (χ4n) is 2.35. The Balaban J connectivity index is 2.33. The number of nitrogens with zero attached hydrogens (tertiary/aromatic N) is 2. The van der Waals surface area contributed by atoms with Crippen molar-refractivity contribution in [2.75, 3.05) is 6.54 Å². The van der Waals surface area contributed by atoms with Crippen LogP contribution in [0.25, 0.3) is 0 Å². The molecule has 2 atom stereocenters. The lowest BCUT2D eigenvalue weighted by Gasteiger charge is -2.35. The zero-order chi connectivity index (χ0) is 14.0. The lowest BCUT2D eigenvalue weighted by Crippen LogP contribution is -2.40. The summed E-state index contributed by atoms with van der Waals surface area (Å²) < 4.78 is 26.1. The molecule has 1 aromatic rings. The van der Waals surface area contributed by atoms with Crippen LogP contribution in [0.3, 0.4) is 0 Å². The van der Waals surface area contributed by atoms with Crippen LogP contribution in [0.1, 0.15) is 24.4 Å².